The summed E-state index contributed by atoms with van der Waals surface area (Å²) in [6.07, 6.45) is 0.461. The smallest absolute Gasteiger partial charge is 0.280 e. The minimum Gasteiger partial charge on any atom is -0.330 e. The molecule has 8 heteroatoms. The van der Waals surface area contributed by atoms with Crippen LogP contribution in [-0.4, -0.2) is 27.8 Å². The first kappa shape index (κ1) is 21.8. The molecular weight excluding hydrogens is 362 g/mol. The van der Waals surface area contributed by atoms with E-state index in [0.717, 1.165) is 36.1 Å². The van der Waals surface area contributed by atoms with Gasteiger partial charge in [-0.15, -0.1) is 0 Å². The topological polar surface area (TPSA) is 104 Å². The zero-order valence-corrected chi connectivity index (χ0v) is 16.5. The van der Waals surface area contributed by atoms with Crippen molar-refractivity contribution in [2.75, 3.05) is 6.54 Å². The highest BCUT2D eigenvalue weighted by molar-refractivity contribution is 5.50. The van der Waals surface area contributed by atoms with Crippen molar-refractivity contribution in [3.63, 3.8) is 0 Å². The Bertz CT molecular complexity index is 842. The number of nitrogens with zero attached hydrogens (tertiary/aromatic N) is 3. The molecule has 2 heterocycles. The van der Waals surface area contributed by atoms with Crippen LogP contribution >= 0.6 is 0 Å². The molecule has 0 fully saturated rings. The second kappa shape index (κ2) is 10.2. The van der Waals surface area contributed by atoms with Gasteiger partial charge in [-0.1, -0.05) is 13.3 Å². The van der Waals surface area contributed by atoms with Crippen molar-refractivity contribution in [2.45, 2.75) is 58.3 Å². The lowest BCUT2D eigenvalue weighted by molar-refractivity contribution is 0.145. The number of halogens is 2. The summed E-state index contributed by atoms with van der Waals surface area (Å²) in [5.41, 5.74) is 9.14. The third-order valence-corrected chi connectivity index (χ3v) is 4.70. The van der Waals surface area contributed by atoms with Crippen LogP contribution in [0.25, 0.3) is 0 Å². The van der Waals surface area contributed by atoms with Crippen LogP contribution in [-0.2, 0) is 0 Å². The van der Waals surface area contributed by atoms with Crippen molar-refractivity contribution in [2.24, 2.45) is 10.7 Å². The van der Waals surface area contributed by atoms with E-state index in [-0.39, 0.29) is 23.1 Å². The average molecular weight is 390 g/mol. The zero-order valence-electron chi connectivity index (χ0n) is 16.5. The van der Waals surface area contributed by atoms with Crippen LogP contribution < -0.4 is 11.4 Å². The van der Waals surface area contributed by atoms with Crippen molar-refractivity contribution in [1.82, 2.24) is 15.0 Å². The molecule has 0 amide bonds. The number of H-pyrrole nitrogens is 1. The molecule has 2 aromatic heterocycles. The first-order chi connectivity index (χ1) is 13.4. The maximum absolute atomic E-state index is 13.4. The number of aromatic nitrogens is 3. The van der Waals surface area contributed by atoms with Crippen LogP contribution in [0.4, 0.5) is 8.78 Å². The van der Waals surface area contributed by atoms with E-state index in [2.05, 4.69) is 26.9 Å². The van der Waals surface area contributed by atoms with Crippen LogP contribution in [0.3, 0.4) is 0 Å². The Morgan fingerprint density at radius 3 is 2.36 bits per heavy atom. The standard InChI is InChI=1S/C20H28F2N6/c1-4-5-16(15(6-7-23)14-8-12(2)26-13(3)9-14)17-10-18(19(21)22)28-20(27-17)25-11-24/h8-11,15-16,19H,4-7,23H2,1-3H3,(H2,24,25,27,28). The van der Waals surface area contributed by atoms with Gasteiger partial charge in [0, 0.05) is 23.0 Å². The lowest BCUT2D eigenvalue weighted by Gasteiger charge is -2.28. The molecule has 0 saturated carbocycles. The summed E-state index contributed by atoms with van der Waals surface area (Å²) in [5, 5.41) is 7.15. The molecule has 0 bridgehead atoms. The number of aryl methyl sites for hydroxylation is 2. The van der Waals surface area contributed by atoms with E-state index < -0.39 is 6.43 Å². The maximum atomic E-state index is 13.4. The molecule has 2 unspecified atom stereocenters. The fourth-order valence-corrected chi connectivity index (χ4v) is 3.69. The van der Waals surface area contributed by atoms with Crippen LogP contribution in [0, 0.1) is 19.3 Å². The van der Waals surface area contributed by atoms with Crippen LogP contribution in [0.5, 0.6) is 0 Å². The number of alkyl halides is 2. The van der Waals surface area contributed by atoms with Gasteiger partial charge in [0.05, 0.1) is 0 Å². The third kappa shape index (κ3) is 5.51. The Kier molecular flexibility index (Phi) is 7.92. The number of hydrogen-bond donors (Lipinski definition) is 3. The Morgan fingerprint density at radius 1 is 1.14 bits per heavy atom. The quantitative estimate of drug-likeness (QED) is 0.447. The molecule has 6 nitrogen and oxygen atoms in total. The monoisotopic (exact) mass is 390 g/mol. The molecule has 0 aromatic carbocycles. The summed E-state index contributed by atoms with van der Waals surface area (Å²) < 4.78 is 26.8. The van der Waals surface area contributed by atoms with Crippen molar-refractivity contribution in [3.8, 4) is 0 Å². The van der Waals surface area contributed by atoms with Crippen LogP contribution in [0.15, 0.2) is 23.2 Å². The predicted octanol–water partition coefficient (Wildman–Crippen LogP) is 3.88. The van der Waals surface area contributed by atoms with E-state index in [1.54, 1.807) is 0 Å². The Balaban J connectivity index is 2.63. The largest absolute Gasteiger partial charge is 0.330 e. The zero-order chi connectivity index (χ0) is 20.7. The van der Waals surface area contributed by atoms with Gasteiger partial charge in [-0.3, -0.25) is 10.4 Å². The van der Waals surface area contributed by atoms with Crippen molar-refractivity contribution in [3.05, 3.63) is 52.2 Å². The highest BCUT2D eigenvalue weighted by atomic mass is 19.3. The molecule has 152 valence electrons. The molecule has 2 aromatic rings. The Labute approximate surface area is 163 Å². The summed E-state index contributed by atoms with van der Waals surface area (Å²) in [6, 6.07) is 5.49. The van der Waals surface area contributed by atoms with Gasteiger partial charge < -0.3 is 10.7 Å². The first-order valence-electron chi connectivity index (χ1n) is 9.46. The highest BCUT2D eigenvalue weighted by Gasteiger charge is 2.26. The van der Waals surface area contributed by atoms with Gasteiger partial charge >= 0.3 is 0 Å². The minimum absolute atomic E-state index is 0.0116. The van der Waals surface area contributed by atoms with Gasteiger partial charge in [0.25, 0.3) is 6.43 Å². The van der Waals surface area contributed by atoms with Gasteiger partial charge in [-0.25, -0.2) is 18.8 Å². The molecule has 0 spiro atoms. The van der Waals surface area contributed by atoms with Gasteiger partial charge in [0.15, 0.2) is 0 Å². The maximum Gasteiger partial charge on any atom is 0.280 e. The SMILES string of the molecule is CCCC(c1cc(C(F)F)n/c(=N/C=N)[nH]1)C(CCN)c1cc(C)nc(C)c1. The van der Waals surface area contributed by atoms with Crippen molar-refractivity contribution in [1.29, 1.82) is 5.41 Å². The fourth-order valence-electron chi connectivity index (χ4n) is 3.69. The van der Waals surface area contributed by atoms with Crippen molar-refractivity contribution < 1.29 is 8.78 Å². The van der Waals surface area contributed by atoms with E-state index >= 15 is 0 Å². The Hall–Kier alpha value is -2.48. The fraction of sp³-hybridized carbons (Fsp3) is 0.500. The molecule has 4 N–H and O–H groups in total. The number of nitrogens with one attached hydrogen (secondary N) is 2. The molecule has 0 radical (unpaired) electrons. The van der Waals surface area contributed by atoms with Crippen molar-refractivity contribution >= 4 is 6.34 Å². The highest BCUT2D eigenvalue weighted by Crippen LogP contribution is 2.38. The number of pyridine rings is 1. The van der Waals surface area contributed by atoms with E-state index in [1.807, 2.05) is 26.0 Å². The number of nitrogens with two attached hydrogens (primary N) is 1. The molecule has 0 aliphatic rings. The normalized spacial score (nSPS) is 14.3. The third-order valence-electron chi connectivity index (χ3n) is 4.70. The second-order valence-corrected chi connectivity index (χ2v) is 6.91. The lowest BCUT2D eigenvalue weighted by atomic mass is 9.78. The summed E-state index contributed by atoms with van der Waals surface area (Å²) in [6.45, 7) is 6.43. The molecular formula is C20H28F2N6. The second-order valence-electron chi connectivity index (χ2n) is 6.91. The van der Waals surface area contributed by atoms with Gasteiger partial charge in [-0.05, 0) is 62.9 Å². The number of aromatic amines is 1. The van der Waals surface area contributed by atoms with Crippen LogP contribution in [0.1, 0.15) is 72.8 Å². The number of hydrogen-bond acceptors (Lipinski definition) is 4. The molecule has 0 saturated heterocycles. The van der Waals surface area contributed by atoms with E-state index in [1.165, 1.54) is 6.07 Å². The van der Waals surface area contributed by atoms with Gasteiger partial charge in [-0.2, -0.15) is 0 Å². The summed E-state index contributed by atoms with van der Waals surface area (Å²) in [7, 11) is 0. The minimum atomic E-state index is -2.71. The van der Waals surface area contributed by atoms with Gasteiger partial charge in [0.2, 0.25) is 5.62 Å². The van der Waals surface area contributed by atoms with Crippen LogP contribution in [0.2, 0.25) is 0 Å². The summed E-state index contributed by atoms with van der Waals surface area (Å²) in [4.78, 5) is 15.1. The van der Waals surface area contributed by atoms with E-state index in [0.29, 0.717) is 18.7 Å². The summed E-state index contributed by atoms with van der Waals surface area (Å²) in [5.74, 6) is -0.0164. The number of rotatable bonds is 9. The van der Waals surface area contributed by atoms with E-state index in [9.17, 15) is 8.78 Å². The molecule has 2 atom stereocenters. The lowest BCUT2D eigenvalue weighted by Crippen LogP contribution is -2.23. The molecule has 0 aliphatic heterocycles. The Morgan fingerprint density at radius 2 is 1.82 bits per heavy atom. The molecule has 28 heavy (non-hydrogen) atoms. The predicted molar refractivity (Wildman–Crippen MR) is 106 cm³/mol. The molecule has 0 aliphatic carbocycles. The first-order valence-corrected chi connectivity index (χ1v) is 9.46. The van der Waals surface area contributed by atoms with Gasteiger partial charge in [0.1, 0.15) is 12.0 Å². The average Bonchev–Trinajstić information content (AvgIpc) is 2.63. The molecule has 2 rings (SSSR count). The van der Waals surface area contributed by atoms with E-state index in [4.69, 9.17) is 11.1 Å². The summed E-state index contributed by atoms with van der Waals surface area (Å²) >= 11 is 0.